The normalized spacial score (nSPS) is 21.5. The molecule has 0 heterocycles. The number of benzene rings is 1. The molecule has 1 fully saturated rings. The number of carboxylic acid groups (broad SMARTS) is 1. The van der Waals surface area contributed by atoms with Crippen molar-refractivity contribution in [2.24, 2.45) is 5.92 Å². The van der Waals surface area contributed by atoms with Crippen LogP contribution in [0.5, 0.6) is 5.75 Å². The number of methoxy groups -OCH3 is 1. The van der Waals surface area contributed by atoms with Crippen LogP contribution in [0.4, 0.5) is 9.18 Å². The molecule has 1 saturated carbocycles. The molecule has 0 radical (unpaired) electrons. The maximum absolute atomic E-state index is 13.3. The average molecular weight is 274 g/mol. The molecule has 2 rings (SSSR count). The zero-order chi connectivity index (χ0) is 13.3. The van der Waals surface area contributed by atoms with E-state index in [0.717, 1.165) is 12.0 Å². The Hall–Kier alpha value is -1.49. The van der Waals surface area contributed by atoms with Crippen molar-refractivity contribution in [2.45, 2.75) is 12.3 Å². The summed E-state index contributed by atoms with van der Waals surface area (Å²) in [4.78, 5) is 10.4. The molecule has 1 aromatic carbocycles. The second-order valence-electron chi connectivity index (χ2n) is 4.30. The first-order chi connectivity index (χ1) is 8.52. The minimum Gasteiger partial charge on any atom is -0.496 e. The number of amides is 1. The minimum atomic E-state index is -1.04. The highest BCUT2D eigenvalue weighted by molar-refractivity contribution is 6.30. The van der Waals surface area contributed by atoms with Crippen LogP contribution >= 0.6 is 11.6 Å². The molecule has 1 aromatic rings. The standard InChI is InChI=1S/C12H13ClFNO3/c1-18-11-4-10(14)9(13)3-8(11)7-2-6(7)5-15-12(16)17/h3-4,6-7,15H,2,5H2,1H3,(H,16,17). The van der Waals surface area contributed by atoms with Gasteiger partial charge in [0.05, 0.1) is 12.1 Å². The van der Waals surface area contributed by atoms with Gasteiger partial charge in [-0.3, -0.25) is 0 Å². The Bertz CT molecular complexity index is 481. The fourth-order valence-electron chi connectivity index (χ4n) is 2.08. The quantitative estimate of drug-likeness (QED) is 0.887. The maximum Gasteiger partial charge on any atom is 0.404 e. The van der Waals surface area contributed by atoms with Crippen LogP contribution < -0.4 is 10.1 Å². The molecule has 1 aliphatic rings. The number of rotatable bonds is 4. The van der Waals surface area contributed by atoms with Crippen LogP contribution in [-0.4, -0.2) is 24.9 Å². The smallest absolute Gasteiger partial charge is 0.404 e. The first kappa shape index (κ1) is 13.0. The van der Waals surface area contributed by atoms with Crippen molar-refractivity contribution in [1.82, 2.24) is 5.32 Å². The van der Waals surface area contributed by atoms with Crippen LogP contribution in [-0.2, 0) is 0 Å². The van der Waals surface area contributed by atoms with Crippen molar-refractivity contribution in [3.05, 3.63) is 28.5 Å². The van der Waals surface area contributed by atoms with Crippen molar-refractivity contribution in [2.75, 3.05) is 13.7 Å². The summed E-state index contributed by atoms with van der Waals surface area (Å²) in [7, 11) is 1.47. The lowest BCUT2D eigenvalue weighted by molar-refractivity contribution is 0.194. The molecule has 0 bridgehead atoms. The largest absolute Gasteiger partial charge is 0.496 e. The minimum absolute atomic E-state index is 0.0580. The molecule has 0 saturated heterocycles. The maximum atomic E-state index is 13.3. The fourth-order valence-corrected chi connectivity index (χ4v) is 2.26. The Morgan fingerprint density at radius 3 is 3.00 bits per heavy atom. The van der Waals surface area contributed by atoms with E-state index >= 15 is 0 Å². The highest BCUT2D eigenvalue weighted by Crippen LogP contribution is 2.50. The van der Waals surface area contributed by atoms with Crippen molar-refractivity contribution < 1.29 is 19.0 Å². The summed E-state index contributed by atoms with van der Waals surface area (Å²) >= 11 is 5.75. The van der Waals surface area contributed by atoms with Crippen LogP contribution in [0.1, 0.15) is 17.9 Å². The lowest BCUT2D eigenvalue weighted by atomic mass is 10.1. The predicted molar refractivity (Wildman–Crippen MR) is 64.8 cm³/mol. The monoisotopic (exact) mass is 273 g/mol. The Kier molecular flexibility index (Phi) is 3.61. The summed E-state index contributed by atoms with van der Waals surface area (Å²) in [5.41, 5.74) is 0.834. The van der Waals surface area contributed by atoms with Gasteiger partial charge in [-0.1, -0.05) is 11.6 Å². The van der Waals surface area contributed by atoms with E-state index in [1.54, 1.807) is 6.07 Å². The molecule has 1 amide bonds. The summed E-state index contributed by atoms with van der Waals surface area (Å²) in [6.07, 6.45) is -0.191. The molecular formula is C12H13ClFNO3. The molecule has 2 N–H and O–H groups in total. The molecule has 98 valence electrons. The summed E-state index contributed by atoms with van der Waals surface area (Å²) in [5, 5.41) is 10.9. The van der Waals surface area contributed by atoms with E-state index in [2.05, 4.69) is 5.32 Å². The number of nitrogens with one attached hydrogen (secondary N) is 1. The molecule has 0 aliphatic heterocycles. The number of ether oxygens (including phenoxy) is 1. The summed E-state index contributed by atoms with van der Waals surface area (Å²) in [6.45, 7) is 0.387. The van der Waals surface area contributed by atoms with E-state index in [-0.39, 0.29) is 16.9 Å². The predicted octanol–water partition coefficient (Wildman–Crippen LogP) is 2.86. The van der Waals surface area contributed by atoms with Gasteiger partial charge in [0.25, 0.3) is 0 Å². The Balaban J connectivity index is 2.10. The molecule has 0 spiro atoms. The molecule has 18 heavy (non-hydrogen) atoms. The zero-order valence-electron chi connectivity index (χ0n) is 9.74. The SMILES string of the molecule is COc1cc(F)c(Cl)cc1C1CC1CNC(=O)O. The second-order valence-corrected chi connectivity index (χ2v) is 4.70. The molecule has 0 aromatic heterocycles. The highest BCUT2D eigenvalue weighted by atomic mass is 35.5. The van der Waals surface area contributed by atoms with E-state index < -0.39 is 11.9 Å². The second kappa shape index (κ2) is 5.02. The fraction of sp³-hybridized carbons (Fsp3) is 0.417. The van der Waals surface area contributed by atoms with Crippen molar-refractivity contribution >= 4 is 17.7 Å². The molecule has 6 heteroatoms. The van der Waals surface area contributed by atoms with Gasteiger partial charge in [0.1, 0.15) is 11.6 Å². The number of halogens is 2. The van der Waals surface area contributed by atoms with Gasteiger partial charge in [-0.05, 0) is 29.9 Å². The van der Waals surface area contributed by atoms with Gasteiger partial charge in [0.15, 0.2) is 0 Å². The van der Waals surface area contributed by atoms with Crippen molar-refractivity contribution in [1.29, 1.82) is 0 Å². The molecular weight excluding hydrogens is 261 g/mol. The summed E-state index contributed by atoms with van der Waals surface area (Å²) in [6, 6.07) is 2.82. The van der Waals surface area contributed by atoms with Crippen LogP contribution in [0.25, 0.3) is 0 Å². The van der Waals surface area contributed by atoms with Crippen LogP contribution in [0.15, 0.2) is 12.1 Å². The van der Waals surface area contributed by atoms with Crippen molar-refractivity contribution in [3.63, 3.8) is 0 Å². The number of hydrogen-bond donors (Lipinski definition) is 2. The van der Waals surface area contributed by atoms with E-state index in [1.165, 1.54) is 13.2 Å². The van der Waals surface area contributed by atoms with Crippen LogP contribution in [0.2, 0.25) is 5.02 Å². The van der Waals surface area contributed by atoms with Crippen LogP contribution in [0.3, 0.4) is 0 Å². The third kappa shape index (κ3) is 2.67. The van der Waals surface area contributed by atoms with E-state index in [9.17, 15) is 9.18 Å². The third-order valence-corrected chi connectivity index (χ3v) is 3.40. The molecule has 1 aliphatic carbocycles. The van der Waals surface area contributed by atoms with Gasteiger partial charge in [0, 0.05) is 12.6 Å². The summed E-state index contributed by atoms with van der Waals surface area (Å²) in [5.74, 6) is 0.333. The van der Waals surface area contributed by atoms with E-state index in [1.807, 2.05) is 0 Å². The van der Waals surface area contributed by atoms with Crippen molar-refractivity contribution in [3.8, 4) is 5.75 Å². The number of carbonyl (C=O) groups is 1. The zero-order valence-corrected chi connectivity index (χ0v) is 10.5. The Labute approximate surface area is 109 Å². The first-order valence-corrected chi connectivity index (χ1v) is 5.90. The van der Waals surface area contributed by atoms with Gasteiger partial charge < -0.3 is 15.2 Å². The van der Waals surface area contributed by atoms with Gasteiger partial charge in [-0.15, -0.1) is 0 Å². The van der Waals surface area contributed by atoms with Gasteiger partial charge in [0.2, 0.25) is 0 Å². The average Bonchev–Trinajstić information content (AvgIpc) is 3.08. The van der Waals surface area contributed by atoms with Gasteiger partial charge in [-0.2, -0.15) is 0 Å². The van der Waals surface area contributed by atoms with Gasteiger partial charge >= 0.3 is 6.09 Å². The highest BCUT2D eigenvalue weighted by Gasteiger charge is 2.40. The Morgan fingerprint density at radius 2 is 2.39 bits per heavy atom. The third-order valence-electron chi connectivity index (χ3n) is 3.11. The van der Waals surface area contributed by atoms with Gasteiger partial charge in [-0.25, -0.2) is 9.18 Å². The summed E-state index contributed by atoms with van der Waals surface area (Å²) < 4.78 is 18.4. The van der Waals surface area contributed by atoms with E-state index in [4.69, 9.17) is 21.4 Å². The molecule has 4 nitrogen and oxygen atoms in total. The Morgan fingerprint density at radius 1 is 1.67 bits per heavy atom. The first-order valence-electron chi connectivity index (χ1n) is 5.52. The van der Waals surface area contributed by atoms with E-state index in [0.29, 0.717) is 12.3 Å². The topological polar surface area (TPSA) is 58.6 Å². The molecule has 2 atom stereocenters. The lowest BCUT2D eigenvalue weighted by Gasteiger charge is -2.09. The number of hydrogen-bond acceptors (Lipinski definition) is 2. The van der Waals surface area contributed by atoms with Crippen LogP contribution in [0, 0.1) is 11.7 Å². The lowest BCUT2D eigenvalue weighted by Crippen LogP contribution is -2.23. The molecule has 2 unspecified atom stereocenters.